The van der Waals surface area contributed by atoms with Crippen molar-refractivity contribution >= 4 is 17.3 Å². The molecule has 0 aliphatic heterocycles. The molecule has 0 aromatic heterocycles. The molecule has 3 heteroatoms. The van der Waals surface area contributed by atoms with Crippen LogP contribution in [0.4, 0.5) is 5.69 Å². The number of para-hydroxylation sites is 1. The van der Waals surface area contributed by atoms with Crippen molar-refractivity contribution in [1.29, 1.82) is 0 Å². The number of halogens is 1. The number of nitrogens with two attached hydrogens (primary N) is 1. The molecule has 1 aromatic carbocycles. The molecule has 0 atom stereocenters. The fourth-order valence-corrected chi connectivity index (χ4v) is 2.64. The summed E-state index contributed by atoms with van der Waals surface area (Å²) in [5.74, 6) is 0.840. The summed E-state index contributed by atoms with van der Waals surface area (Å²) in [6.45, 7) is 1.64. The Hall–Kier alpha value is -0.730. The molecule has 2 N–H and O–H groups in total. The molecule has 0 saturated heterocycles. The summed E-state index contributed by atoms with van der Waals surface area (Å²) < 4.78 is 0. The zero-order valence-corrected chi connectivity index (χ0v) is 10.5. The molecule has 2 rings (SSSR count). The van der Waals surface area contributed by atoms with E-state index < -0.39 is 0 Å². The van der Waals surface area contributed by atoms with E-state index in [2.05, 4.69) is 18.0 Å². The van der Waals surface area contributed by atoms with E-state index in [-0.39, 0.29) is 0 Å². The highest BCUT2D eigenvalue weighted by atomic mass is 35.5. The predicted octanol–water partition coefficient (Wildman–Crippen LogP) is 3.04. The minimum Gasteiger partial charge on any atom is -0.373 e. The molecular weight excluding hydrogens is 220 g/mol. The van der Waals surface area contributed by atoms with Gasteiger partial charge in [-0.2, -0.15) is 0 Å². The number of hydrogen-bond acceptors (Lipinski definition) is 2. The first kappa shape index (κ1) is 11.7. The molecule has 0 radical (unpaired) electrons. The highest BCUT2D eigenvalue weighted by Gasteiger charge is 2.21. The van der Waals surface area contributed by atoms with Gasteiger partial charge in [0.2, 0.25) is 0 Å². The first-order chi connectivity index (χ1) is 7.72. The smallest absolute Gasteiger partial charge is 0.0642 e. The van der Waals surface area contributed by atoms with Crippen molar-refractivity contribution in [1.82, 2.24) is 0 Å². The maximum atomic E-state index is 6.25. The SMILES string of the molecule is CN(CC1CCC1)c1c(Cl)cccc1CN. The molecule has 88 valence electrons. The first-order valence-corrected chi connectivity index (χ1v) is 6.28. The van der Waals surface area contributed by atoms with Crippen LogP contribution >= 0.6 is 11.6 Å². The molecule has 1 aliphatic rings. The van der Waals surface area contributed by atoms with Gasteiger partial charge in [0, 0.05) is 20.1 Å². The number of nitrogens with zero attached hydrogens (tertiary/aromatic N) is 1. The lowest BCUT2D eigenvalue weighted by molar-refractivity contribution is 0.321. The highest BCUT2D eigenvalue weighted by Crippen LogP contribution is 2.33. The summed E-state index contributed by atoms with van der Waals surface area (Å²) in [7, 11) is 2.11. The Morgan fingerprint density at radius 1 is 1.44 bits per heavy atom. The van der Waals surface area contributed by atoms with Gasteiger partial charge in [0.25, 0.3) is 0 Å². The minimum absolute atomic E-state index is 0.547. The van der Waals surface area contributed by atoms with E-state index in [0.29, 0.717) is 6.54 Å². The summed E-state index contributed by atoms with van der Waals surface area (Å²) >= 11 is 6.25. The molecule has 16 heavy (non-hydrogen) atoms. The van der Waals surface area contributed by atoms with Gasteiger partial charge in [-0.05, 0) is 30.4 Å². The van der Waals surface area contributed by atoms with E-state index in [1.807, 2.05) is 12.1 Å². The molecule has 1 aliphatic carbocycles. The van der Waals surface area contributed by atoms with Crippen molar-refractivity contribution in [2.75, 3.05) is 18.5 Å². The quantitative estimate of drug-likeness (QED) is 0.874. The zero-order valence-electron chi connectivity index (χ0n) is 9.75. The Morgan fingerprint density at radius 3 is 2.75 bits per heavy atom. The summed E-state index contributed by atoms with van der Waals surface area (Å²) in [4.78, 5) is 2.26. The monoisotopic (exact) mass is 238 g/mol. The summed E-state index contributed by atoms with van der Waals surface area (Å²) in [5.41, 5.74) is 7.99. The minimum atomic E-state index is 0.547. The Morgan fingerprint density at radius 2 is 2.19 bits per heavy atom. The standard InChI is InChI=1S/C13H19ClN2/c1-16(9-10-4-2-5-10)13-11(8-15)6-3-7-12(13)14/h3,6-7,10H,2,4-5,8-9,15H2,1H3. The van der Waals surface area contributed by atoms with Crippen LogP contribution in [0.15, 0.2) is 18.2 Å². The van der Waals surface area contributed by atoms with Gasteiger partial charge in [0.05, 0.1) is 10.7 Å². The molecule has 1 saturated carbocycles. The van der Waals surface area contributed by atoms with Crippen molar-refractivity contribution in [2.45, 2.75) is 25.8 Å². The molecule has 0 heterocycles. The maximum Gasteiger partial charge on any atom is 0.0642 e. The molecule has 1 aromatic rings. The third-order valence-corrected chi connectivity index (χ3v) is 3.73. The summed E-state index contributed by atoms with van der Waals surface area (Å²) in [5, 5.41) is 0.810. The van der Waals surface area contributed by atoms with Gasteiger partial charge in [-0.15, -0.1) is 0 Å². The van der Waals surface area contributed by atoms with Crippen molar-refractivity contribution < 1.29 is 0 Å². The van der Waals surface area contributed by atoms with Crippen LogP contribution in [-0.4, -0.2) is 13.6 Å². The van der Waals surface area contributed by atoms with Crippen LogP contribution in [0.5, 0.6) is 0 Å². The van der Waals surface area contributed by atoms with E-state index in [9.17, 15) is 0 Å². The lowest BCUT2D eigenvalue weighted by Crippen LogP contribution is -2.30. The van der Waals surface area contributed by atoms with Crippen LogP contribution < -0.4 is 10.6 Å². The third kappa shape index (κ3) is 2.33. The van der Waals surface area contributed by atoms with Crippen molar-refractivity contribution in [2.24, 2.45) is 11.7 Å². The predicted molar refractivity (Wildman–Crippen MR) is 70.0 cm³/mol. The van der Waals surface area contributed by atoms with Crippen molar-refractivity contribution in [3.63, 3.8) is 0 Å². The third-order valence-electron chi connectivity index (χ3n) is 3.43. The van der Waals surface area contributed by atoms with Gasteiger partial charge in [-0.25, -0.2) is 0 Å². The maximum absolute atomic E-state index is 6.25. The van der Waals surface area contributed by atoms with Crippen LogP contribution in [0.25, 0.3) is 0 Å². The summed E-state index contributed by atoms with van der Waals surface area (Å²) in [6.07, 6.45) is 4.09. The van der Waals surface area contributed by atoms with E-state index in [1.54, 1.807) is 0 Å². The van der Waals surface area contributed by atoms with E-state index in [1.165, 1.54) is 19.3 Å². The first-order valence-electron chi connectivity index (χ1n) is 5.91. The van der Waals surface area contributed by atoms with Gasteiger partial charge in [-0.1, -0.05) is 30.2 Å². The van der Waals surface area contributed by atoms with E-state index in [0.717, 1.165) is 28.7 Å². The second kappa shape index (κ2) is 5.07. The van der Waals surface area contributed by atoms with E-state index in [4.69, 9.17) is 17.3 Å². The molecule has 0 amide bonds. The molecular formula is C13H19ClN2. The van der Waals surface area contributed by atoms with Crippen LogP contribution in [0.1, 0.15) is 24.8 Å². The summed E-state index contributed by atoms with van der Waals surface area (Å²) in [6, 6.07) is 5.96. The van der Waals surface area contributed by atoms with E-state index >= 15 is 0 Å². The molecule has 0 unspecified atom stereocenters. The van der Waals surface area contributed by atoms with Gasteiger partial charge >= 0.3 is 0 Å². The second-order valence-corrected chi connectivity index (χ2v) is 5.04. The second-order valence-electron chi connectivity index (χ2n) is 4.63. The van der Waals surface area contributed by atoms with Gasteiger partial charge in [0.1, 0.15) is 0 Å². The van der Waals surface area contributed by atoms with Gasteiger partial charge in [0.15, 0.2) is 0 Å². The zero-order chi connectivity index (χ0) is 11.5. The molecule has 2 nitrogen and oxygen atoms in total. The normalized spacial score (nSPS) is 15.9. The highest BCUT2D eigenvalue weighted by molar-refractivity contribution is 6.33. The van der Waals surface area contributed by atoms with Gasteiger partial charge in [-0.3, -0.25) is 0 Å². The number of rotatable bonds is 4. The van der Waals surface area contributed by atoms with Crippen LogP contribution in [0.3, 0.4) is 0 Å². The Labute approximate surface area is 102 Å². The average Bonchev–Trinajstić information content (AvgIpc) is 2.22. The number of benzene rings is 1. The number of hydrogen-bond donors (Lipinski definition) is 1. The molecule has 1 fully saturated rings. The lowest BCUT2D eigenvalue weighted by atomic mass is 9.85. The Bertz CT molecular complexity index is 361. The van der Waals surface area contributed by atoms with Crippen LogP contribution in [-0.2, 0) is 6.54 Å². The van der Waals surface area contributed by atoms with Crippen molar-refractivity contribution in [3.05, 3.63) is 28.8 Å². The Balaban J connectivity index is 2.16. The average molecular weight is 239 g/mol. The molecule has 0 bridgehead atoms. The topological polar surface area (TPSA) is 29.3 Å². The van der Waals surface area contributed by atoms with Crippen molar-refractivity contribution in [3.8, 4) is 0 Å². The van der Waals surface area contributed by atoms with Gasteiger partial charge < -0.3 is 10.6 Å². The fourth-order valence-electron chi connectivity index (χ4n) is 2.31. The Kier molecular flexibility index (Phi) is 3.72. The molecule has 0 spiro atoms. The fraction of sp³-hybridized carbons (Fsp3) is 0.538. The van der Waals surface area contributed by atoms with Crippen LogP contribution in [0, 0.1) is 5.92 Å². The lowest BCUT2D eigenvalue weighted by Gasteiger charge is -2.32. The van der Waals surface area contributed by atoms with Crippen LogP contribution in [0.2, 0.25) is 5.02 Å². The number of anilines is 1. The largest absolute Gasteiger partial charge is 0.373 e.